The first-order valence-electron chi connectivity index (χ1n) is 10.2. The number of benzene rings is 3. The monoisotopic (exact) mass is 455 g/mol. The number of aromatic carboxylic acids is 1. The number of aryl methyl sites for hydroxylation is 1. The molecule has 2 aromatic heterocycles. The van der Waals surface area contributed by atoms with Crippen molar-refractivity contribution < 1.29 is 14.6 Å². The summed E-state index contributed by atoms with van der Waals surface area (Å²) in [4.78, 5) is 23.2. The Morgan fingerprint density at radius 2 is 1.48 bits per heavy atom. The van der Waals surface area contributed by atoms with Gasteiger partial charge in [0.05, 0.1) is 21.8 Å². The van der Waals surface area contributed by atoms with Crippen molar-refractivity contribution in [2.45, 2.75) is 6.92 Å². The van der Waals surface area contributed by atoms with E-state index in [1.54, 1.807) is 30.3 Å². The first-order valence-corrected chi connectivity index (χ1v) is 10.6. The van der Waals surface area contributed by atoms with Crippen LogP contribution in [-0.4, -0.2) is 26.0 Å². The van der Waals surface area contributed by atoms with E-state index in [1.165, 1.54) is 0 Å². The Hall–Kier alpha value is -4.16. The molecule has 0 saturated heterocycles. The van der Waals surface area contributed by atoms with Gasteiger partial charge in [0.2, 0.25) is 0 Å². The molecule has 0 spiro atoms. The second-order valence-corrected chi connectivity index (χ2v) is 8.01. The van der Waals surface area contributed by atoms with Crippen LogP contribution < -0.4 is 4.74 Å². The Bertz CT molecular complexity index is 1460. The summed E-state index contributed by atoms with van der Waals surface area (Å²) in [6.07, 6.45) is 0. The van der Waals surface area contributed by atoms with E-state index in [0.29, 0.717) is 33.6 Å². The van der Waals surface area contributed by atoms with E-state index in [2.05, 4.69) is 15.0 Å². The van der Waals surface area contributed by atoms with Gasteiger partial charge in [-0.2, -0.15) is 4.98 Å². The summed E-state index contributed by atoms with van der Waals surface area (Å²) < 4.78 is 5.81. The number of carboxylic acids is 1. The molecule has 0 bridgehead atoms. The minimum atomic E-state index is -0.946. The highest BCUT2D eigenvalue weighted by atomic mass is 35.5. The number of ether oxygens (including phenoxy) is 1. The topological polar surface area (TPSA) is 88.1 Å². The largest absolute Gasteiger partial charge is 0.478 e. The molecule has 0 unspecified atom stereocenters. The lowest BCUT2D eigenvalue weighted by Crippen LogP contribution is -1.94. The highest BCUT2D eigenvalue weighted by molar-refractivity contribution is 6.33. The fraction of sp³-hybridized carbons (Fsp3) is 0.0385. The van der Waals surface area contributed by atoms with Gasteiger partial charge in [-0.25, -0.2) is 9.78 Å². The molecule has 6 nitrogen and oxygen atoms in total. The smallest absolute Gasteiger partial charge is 0.335 e. The van der Waals surface area contributed by atoms with Crippen molar-refractivity contribution in [3.05, 3.63) is 95.0 Å². The van der Waals surface area contributed by atoms with Gasteiger partial charge in [-0.15, -0.1) is 0 Å². The van der Waals surface area contributed by atoms with Crippen LogP contribution in [0.2, 0.25) is 5.02 Å². The van der Waals surface area contributed by atoms with Crippen LogP contribution in [0.5, 0.6) is 11.8 Å². The molecule has 3 aromatic carbocycles. The van der Waals surface area contributed by atoms with Crippen LogP contribution in [0.1, 0.15) is 15.9 Å². The van der Waals surface area contributed by atoms with Crippen LogP contribution in [0, 0.1) is 6.92 Å². The summed E-state index contributed by atoms with van der Waals surface area (Å²) in [5, 5.41) is 9.55. The SMILES string of the molecule is Cc1ccc(Oc2nc3nc(-c4ccc(-c5ccc(C(=O)O)cc5)cc4)c(Cl)cc3[nH]2)cc1. The number of nitrogens with one attached hydrogen (secondary N) is 1. The molecule has 33 heavy (non-hydrogen) atoms. The van der Waals surface area contributed by atoms with Gasteiger partial charge in [0.1, 0.15) is 5.75 Å². The van der Waals surface area contributed by atoms with Crippen molar-refractivity contribution in [3.63, 3.8) is 0 Å². The number of aromatic nitrogens is 3. The maximum Gasteiger partial charge on any atom is 0.335 e. The van der Waals surface area contributed by atoms with E-state index >= 15 is 0 Å². The molecule has 0 fully saturated rings. The molecule has 0 amide bonds. The van der Waals surface area contributed by atoms with Crippen molar-refractivity contribution in [2.75, 3.05) is 0 Å². The molecule has 162 valence electrons. The highest BCUT2D eigenvalue weighted by Crippen LogP contribution is 2.32. The number of aromatic amines is 1. The van der Waals surface area contributed by atoms with Crippen LogP contribution in [0.15, 0.2) is 78.9 Å². The quantitative estimate of drug-likeness (QED) is 0.306. The third kappa shape index (κ3) is 4.29. The number of imidazole rings is 1. The maximum absolute atomic E-state index is 11.0. The first kappa shape index (κ1) is 20.7. The van der Waals surface area contributed by atoms with E-state index < -0.39 is 5.97 Å². The molecule has 0 aliphatic carbocycles. The molecule has 0 aliphatic heterocycles. The second kappa shape index (κ2) is 8.41. The molecule has 2 heterocycles. The Kier molecular flexibility index (Phi) is 5.28. The molecule has 0 aliphatic rings. The fourth-order valence-corrected chi connectivity index (χ4v) is 3.75. The lowest BCUT2D eigenvalue weighted by molar-refractivity contribution is 0.0697. The molecular formula is C26H18ClN3O3. The number of carboxylic acid groups (broad SMARTS) is 1. The lowest BCUT2D eigenvalue weighted by atomic mass is 10.0. The summed E-state index contributed by atoms with van der Waals surface area (Å²) in [7, 11) is 0. The van der Waals surface area contributed by atoms with Crippen molar-refractivity contribution >= 4 is 28.7 Å². The van der Waals surface area contributed by atoms with E-state index in [1.807, 2.05) is 55.5 Å². The zero-order valence-corrected chi connectivity index (χ0v) is 18.3. The number of fused-ring (bicyclic) bond motifs is 1. The molecule has 5 aromatic rings. The van der Waals surface area contributed by atoms with Gasteiger partial charge in [0.15, 0.2) is 5.65 Å². The summed E-state index contributed by atoms with van der Waals surface area (Å²) in [5.41, 5.74) is 5.93. The molecule has 0 saturated carbocycles. The van der Waals surface area contributed by atoms with Crippen molar-refractivity contribution in [2.24, 2.45) is 0 Å². The third-order valence-electron chi connectivity index (χ3n) is 5.26. The van der Waals surface area contributed by atoms with Crippen LogP contribution in [-0.2, 0) is 0 Å². The molecule has 7 heteroatoms. The maximum atomic E-state index is 11.0. The number of halogens is 1. The highest BCUT2D eigenvalue weighted by Gasteiger charge is 2.13. The molecular weight excluding hydrogens is 438 g/mol. The summed E-state index contributed by atoms with van der Waals surface area (Å²) in [5.74, 6) is -0.267. The van der Waals surface area contributed by atoms with Gasteiger partial charge < -0.3 is 14.8 Å². The minimum absolute atomic E-state index is 0.254. The predicted octanol–water partition coefficient (Wildman–Crippen LogP) is 6.74. The van der Waals surface area contributed by atoms with Gasteiger partial charge in [-0.3, -0.25) is 0 Å². The molecule has 0 atom stereocenters. The Labute approximate surface area is 194 Å². The molecule has 5 rings (SSSR count). The van der Waals surface area contributed by atoms with Gasteiger partial charge in [-0.1, -0.05) is 65.7 Å². The van der Waals surface area contributed by atoms with Crippen LogP contribution in [0.4, 0.5) is 0 Å². The van der Waals surface area contributed by atoms with E-state index in [4.69, 9.17) is 21.4 Å². The summed E-state index contributed by atoms with van der Waals surface area (Å²) in [6, 6.07) is 24.3. The molecule has 0 radical (unpaired) electrons. The molecule has 2 N–H and O–H groups in total. The Balaban J connectivity index is 1.42. The number of hydrogen-bond acceptors (Lipinski definition) is 4. The number of rotatable bonds is 5. The standard InChI is InChI=1S/C26H18ClN3O3/c1-15-2-12-20(13-3-15)33-26-28-22-14-21(27)23(29-24(22)30-26)18-8-4-16(5-9-18)17-6-10-19(11-7-17)25(31)32/h2-14H,1H3,(H,31,32)(H,28,29,30). The van der Waals surface area contributed by atoms with Crippen LogP contribution in [0.25, 0.3) is 33.5 Å². The number of carbonyl (C=O) groups is 1. The summed E-state index contributed by atoms with van der Waals surface area (Å²) >= 11 is 6.52. The third-order valence-corrected chi connectivity index (χ3v) is 5.55. The van der Waals surface area contributed by atoms with Crippen molar-refractivity contribution in [1.82, 2.24) is 15.0 Å². The Morgan fingerprint density at radius 3 is 2.12 bits per heavy atom. The van der Waals surface area contributed by atoms with E-state index in [0.717, 1.165) is 22.3 Å². The van der Waals surface area contributed by atoms with Gasteiger partial charge >= 0.3 is 12.0 Å². The van der Waals surface area contributed by atoms with Gasteiger partial charge in [0.25, 0.3) is 0 Å². The number of nitrogens with zero attached hydrogens (tertiary/aromatic N) is 2. The number of H-pyrrole nitrogens is 1. The van der Waals surface area contributed by atoms with Gasteiger partial charge in [0, 0.05) is 5.56 Å². The van der Waals surface area contributed by atoms with Crippen LogP contribution >= 0.6 is 11.6 Å². The normalized spacial score (nSPS) is 11.0. The van der Waals surface area contributed by atoms with Crippen molar-refractivity contribution in [1.29, 1.82) is 0 Å². The average Bonchev–Trinajstić information content (AvgIpc) is 3.21. The van der Waals surface area contributed by atoms with Gasteiger partial charge in [-0.05, 0) is 48.4 Å². The average molecular weight is 456 g/mol. The Morgan fingerprint density at radius 1 is 0.879 bits per heavy atom. The van der Waals surface area contributed by atoms with Crippen molar-refractivity contribution in [3.8, 4) is 34.1 Å². The fourth-order valence-electron chi connectivity index (χ4n) is 3.49. The summed E-state index contributed by atoms with van der Waals surface area (Å²) in [6.45, 7) is 2.01. The predicted molar refractivity (Wildman–Crippen MR) is 128 cm³/mol. The first-order chi connectivity index (χ1) is 16.0. The van der Waals surface area contributed by atoms with Crippen LogP contribution in [0.3, 0.4) is 0 Å². The second-order valence-electron chi connectivity index (χ2n) is 7.61. The lowest BCUT2D eigenvalue weighted by Gasteiger charge is -2.06. The zero-order chi connectivity index (χ0) is 22.9. The van der Waals surface area contributed by atoms with E-state index in [9.17, 15) is 4.79 Å². The number of hydrogen-bond donors (Lipinski definition) is 2. The van der Waals surface area contributed by atoms with E-state index in [-0.39, 0.29) is 5.56 Å². The minimum Gasteiger partial charge on any atom is -0.478 e. The zero-order valence-electron chi connectivity index (χ0n) is 17.5. The number of pyridine rings is 1.